The maximum atomic E-state index is 10.5. The van der Waals surface area contributed by atoms with Crippen LogP contribution in [0.2, 0.25) is 5.02 Å². The van der Waals surface area contributed by atoms with Gasteiger partial charge in [0.25, 0.3) is 0 Å². The second kappa shape index (κ2) is 9.95. The van der Waals surface area contributed by atoms with Crippen molar-refractivity contribution < 1.29 is 14.3 Å². The van der Waals surface area contributed by atoms with Crippen LogP contribution in [0.25, 0.3) is 0 Å². The van der Waals surface area contributed by atoms with Crippen LogP contribution in [0.5, 0.6) is 5.75 Å². The van der Waals surface area contributed by atoms with E-state index in [9.17, 15) is 5.11 Å². The summed E-state index contributed by atoms with van der Waals surface area (Å²) in [4.78, 5) is 2.11. The van der Waals surface area contributed by atoms with Crippen molar-refractivity contribution in [1.29, 1.82) is 0 Å². The van der Waals surface area contributed by atoms with Crippen LogP contribution < -0.4 is 4.74 Å². The minimum atomic E-state index is -0.636. The molecular formula is C21H21BrClNO3. The van der Waals surface area contributed by atoms with E-state index in [1.54, 1.807) is 6.26 Å². The van der Waals surface area contributed by atoms with Gasteiger partial charge in [-0.1, -0.05) is 39.7 Å². The van der Waals surface area contributed by atoms with E-state index in [0.717, 1.165) is 21.5 Å². The van der Waals surface area contributed by atoms with E-state index in [0.29, 0.717) is 24.7 Å². The number of nitrogens with zero attached hydrogens (tertiary/aromatic N) is 1. The van der Waals surface area contributed by atoms with Gasteiger partial charge < -0.3 is 14.3 Å². The minimum absolute atomic E-state index is 0.214. The van der Waals surface area contributed by atoms with Gasteiger partial charge in [-0.3, -0.25) is 4.90 Å². The molecule has 0 saturated heterocycles. The molecule has 2 aromatic carbocycles. The van der Waals surface area contributed by atoms with E-state index < -0.39 is 6.10 Å². The predicted molar refractivity (Wildman–Crippen MR) is 110 cm³/mol. The van der Waals surface area contributed by atoms with Crippen molar-refractivity contribution in [2.75, 3.05) is 13.2 Å². The number of hydrogen-bond acceptors (Lipinski definition) is 4. The van der Waals surface area contributed by atoms with Crippen molar-refractivity contribution >= 4 is 27.5 Å². The van der Waals surface area contributed by atoms with Crippen LogP contribution in [0.4, 0.5) is 0 Å². The van der Waals surface area contributed by atoms with Gasteiger partial charge in [0.15, 0.2) is 0 Å². The summed E-state index contributed by atoms with van der Waals surface area (Å²) in [5, 5.41) is 11.2. The largest absolute Gasteiger partial charge is 0.491 e. The standard InChI is InChI=1S/C21H21BrClNO3/c22-17-6-8-20(9-7-17)27-15-19(25)13-24(14-21-5-2-10-26-21)12-16-3-1-4-18(23)11-16/h1-11,19,25H,12-15H2. The fourth-order valence-electron chi connectivity index (χ4n) is 2.78. The number of hydrogen-bond donors (Lipinski definition) is 1. The zero-order valence-electron chi connectivity index (χ0n) is 14.7. The summed E-state index contributed by atoms with van der Waals surface area (Å²) in [6.45, 7) is 1.90. The highest BCUT2D eigenvalue weighted by atomic mass is 79.9. The maximum absolute atomic E-state index is 10.5. The molecule has 0 amide bonds. The van der Waals surface area contributed by atoms with E-state index in [-0.39, 0.29) is 6.61 Å². The van der Waals surface area contributed by atoms with E-state index in [1.165, 1.54) is 0 Å². The highest BCUT2D eigenvalue weighted by Crippen LogP contribution is 2.18. The first-order valence-corrected chi connectivity index (χ1v) is 9.81. The number of ether oxygens (including phenoxy) is 1. The Hall–Kier alpha value is -1.79. The lowest BCUT2D eigenvalue weighted by atomic mass is 10.2. The summed E-state index contributed by atoms with van der Waals surface area (Å²) in [6.07, 6.45) is 1.02. The molecule has 0 radical (unpaired) electrons. The molecular weight excluding hydrogens is 430 g/mol. The Morgan fingerprint density at radius 2 is 1.89 bits per heavy atom. The summed E-state index contributed by atoms with van der Waals surface area (Å²) in [5.74, 6) is 1.57. The monoisotopic (exact) mass is 449 g/mol. The molecule has 4 nitrogen and oxygen atoms in total. The summed E-state index contributed by atoms with van der Waals surface area (Å²) in [7, 11) is 0. The molecule has 3 rings (SSSR count). The summed E-state index contributed by atoms with van der Waals surface area (Å²) in [6, 6.07) is 19.1. The molecule has 3 aromatic rings. The van der Waals surface area contributed by atoms with Crippen molar-refractivity contribution in [1.82, 2.24) is 4.90 Å². The smallest absolute Gasteiger partial charge is 0.119 e. The van der Waals surface area contributed by atoms with Gasteiger partial charge in [-0.25, -0.2) is 0 Å². The Bertz CT molecular complexity index is 824. The van der Waals surface area contributed by atoms with Gasteiger partial charge >= 0.3 is 0 Å². The molecule has 0 saturated carbocycles. The zero-order valence-corrected chi connectivity index (χ0v) is 17.1. The third kappa shape index (κ3) is 6.70. The molecule has 1 aromatic heterocycles. The number of aliphatic hydroxyl groups excluding tert-OH is 1. The molecule has 0 fully saturated rings. The highest BCUT2D eigenvalue weighted by Gasteiger charge is 2.15. The first-order chi connectivity index (χ1) is 13.1. The number of halogens is 2. The molecule has 27 heavy (non-hydrogen) atoms. The Morgan fingerprint density at radius 3 is 2.59 bits per heavy atom. The number of rotatable bonds is 9. The topological polar surface area (TPSA) is 45.8 Å². The normalized spacial score (nSPS) is 12.3. The molecule has 1 unspecified atom stereocenters. The Balaban J connectivity index is 1.60. The average molecular weight is 451 g/mol. The lowest BCUT2D eigenvalue weighted by molar-refractivity contribution is 0.0604. The molecule has 0 bridgehead atoms. The van der Waals surface area contributed by atoms with E-state index >= 15 is 0 Å². The van der Waals surface area contributed by atoms with Crippen LogP contribution >= 0.6 is 27.5 Å². The predicted octanol–water partition coefficient (Wildman–Crippen LogP) is 5.14. The summed E-state index contributed by atoms with van der Waals surface area (Å²) < 4.78 is 12.1. The van der Waals surface area contributed by atoms with Crippen molar-refractivity contribution in [3.8, 4) is 5.75 Å². The second-order valence-corrected chi connectivity index (χ2v) is 7.65. The first-order valence-electron chi connectivity index (χ1n) is 8.64. The van der Waals surface area contributed by atoms with Crippen LogP contribution in [-0.2, 0) is 13.1 Å². The highest BCUT2D eigenvalue weighted by molar-refractivity contribution is 9.10. The van der Waals surface area contributed by atoms with E-state index in [1.807, 2.05) is 60.7 Å². The fraction of sp³-hybridized carbons (Fsp3) is 0.238. The lowest BCUT2D eigenvalue weighted by Gasteiger charge is -2.24. The summed E-state index contributed by atoms with van der Waals surface area (Å²) in [5.41, 5.74) is 1.08. The fourth-order valence-corrected chi connectivity index (χ4v) is 3.25. The molecule has 0 aliphatic heterocycles. The van der Waals surface area contributed by atoms with Gasteiger partial charge in [0.2, 0.25) is 0 Å². The molecule has 0 aliphatic rings. The van der Waals surface area contributed by atoms with E-state index in [2.05, 4.69) is 20.8 Å². The molecule has 0 aliphatic carbocycles. The van der Waals surface area contributed by atoms with Gasteiger partial charge in [0, 0.05) is 22.6 Å². The molecule has 0 spiro atoms. The zero-order chi connectivity index (χ0) is 19.1. The average Bonchev–Trinajstić information content (AvgIpc) is 3.14. The number of furan rings is 1. The van der Waals surface area contributed by atoms with Crippen molar-refractivity contribution in [3.05, 3.63) is 87.7 Å². The Morgan fingerprint density at radius 1 is 1.07 bits per heavy atom. The maximum Gasteiger partial charge on any atom is 0.119 e. The minimum Gasteiger partial charge on any atom is -0.491 e. The van der Waals surface area contributed by atoms with Gasteiger partial charge in [0.1, 0.15) is 24.2 Å². The van der Waals surface area contributed by atoms with Crippen LogP contribution in [-0.4, -0.2) is 29.3 Å². The SMILES string of the molecule is OC(COc1ccc(Br)cc1)CN(Cc1cccc(Cl)c1)Cc1ccco1. The van der Waals surface area contributed by atoms with Crippen LogP contribution in [0.1, 0.15) is 11.3 Å². The van der Waals surface area contributed by atoms with Crippen molar-refractivity contribution in [2.24, 2.45) is 0 Å². The molecule has 1 N–H and O–H groups in total. The first kappa shape index (κ1) is 20.0. The van der Waals surface area contributed by atoms with Crippen LogP contribution in [0, 0.1) is 0 Å². The summed E-state index contributed by atoms with van der Waals surface area (Å²) >= 11 is 9.49. The Labute approximate surface area is 172 Å². The molecule has 142 valence electrons. The number of aliphatic hydroxyl groups is 1. The number of benzene rings is 2. The van der Waals surface area contributed by atoms with Gasteiger partial charge in [-0.05, 0) is 54.1 Å². The second-order valence-electron chi connectivity index (χ2n) is 6.30. The third-order valence-corrected chi connectivity index (χ3v) is 4.74. The Kier molecular flexibility index (Phi) is 7.35. The van der Waals surface area contributed by atoms with Gasteiger partial charge in [-0.2, -0.15) is 0 Å². The molecule has 1 atom stereocenters. The van der Waals surface area contributed by atoms with Crippen LogP contribution in [0.3, 0.4) is 0 Å². The quantitative estimate of drug-likeness (QED) is 0.490. The van der Waals surface area contributed by atoms with Gasteiger partial charge in [0.05, 0.1) is 12.8 Å². The van der Waals surface area contributed by atoms with Crippen molar-refractivity contribution in [2.45, 2.75) is 19.2 Å². The lowest BCUT2D eigenvalue weighted by Crippen LogP contribution is -2.35. The third-order valence-electron chi connectivity index (χ3n) is 3.98. The van der Waals surface area contributed by atoms with E-state index in [4.69, 9.17) is 20.8 Å². The van der Waals surface area contributed by atoms with Gasteiger partial charge in [-0.15, -0.1) is 0 Å². The van der Waals surface area contributed by atoms with Crippen molar-refractivity contribution in [3.63, 3.8) is 0 Å². The molecule has 6 heteroatoms. The van der Waals surface area contributed by atoms with Crippen LogP contribution in [0.15, 0.2) is 75.8 Å². The molecule has 1 heterocycles.